The largest absolute Gasteiger partial charge is 0.573 e. The summed E-state index contributed by atoms with van der Waals surface area (Å²) in [5.74, 6) is 0.574. The molecule has 0 saturated carbocycles. The molecule has 1 aliphatic rings. The Bertz CT molecular complexity index is 1670. The molecule has 2 heterocycles. The van der Waals surface area contributed by atoms with Crippen molar-refractivity contribution in [3.8, 4) is 17.2 Å². The Hall–Kier alpha value is -4.85. The molecule has 1 N–H and O–H groups in total. The van der Waals surface area contributed by atoms with Crippen molar-refractivity contribution in [2.24, 2.45) is 4.99 Å². The lowest BCUT2D eigenvalue weighted by Crippen LogP contribution is -2.31. The van der Waals surface area contributed by atoms with Crippen LogP contribution in [0.5, 0.6) is 11.5 Å². The van der Waals surface area contributed by atoms with Crippen LogP contribution in [0.4, 0.5) is 29.3 Å². The number of nitrogens with one attached hydrogen (secondary N) is 1. The second-order valence-corrected chi connectivity index (χ2v) is 10.6. The quantitative estimate of drug-likeness (QED) is 0.221. The molecule has 0 bridgehead atoms. The van der Waals surface area contributed by atoms with E-state index in [1.807, 2.05) is 25.1 Å². The third-order valence-electron chi connectivity index (χ3n) is 6.31. The van der Waals surface area contributed by atoms with Gasteiger partial charge >= 0.3 is 12.4 Å². The molecule has 4 aromatic rings. The summed E-state index contributed by atoms with van der Waals surface area (Å²) in [6, 6.07) is 17.2. The van der Waals surface area contributed by atoms with Crippen LogP contribution in [0, 0.1) is 6.92 Å². The maximum atomic E-state index is 12.8. The molecule has 3 amide bonds. The summed E-state index contributed by atoms with van der Waals surface area (Å²) in [6.45, 7) is 4.05. The summed E-state index contributed by atoms with van der Waals surface area (Å²) >= 11 is 1.22. The van der Waals surface area contributed by atoms with Gasteiger partial charge in [-0.1, -0.05) is 37.2 Å². The molecule has 0 unspecified atom stereocenters. The van der Waals surface area contributed by atoms with E-state index in [4.69, 9.17) is 4.74 Å². The van der Waals surface area contributed by atoms with Crippen LogP contribution in [0.25, 0.3) is 5.69 Å². The monoisotopic (exact) mass is 624 g/mol. The SMILES string of the molecule is CCCc1ccc(C)cc1N1C(=O)CSC1=NC(=O)Nc1ccc(OCc2ncn(-c3ccc(OC(F)(F)F)cc3)n2)cc1. The summed E-state index contributed by atoms with van der Waals surface area (Å²) in [6.07, 6.45) is -1.64. The van der Waals surface area contributed by atoms with Gasteiger partial charge in [0.1, 0.15) is 24.4 Å². The van der Waals surface area contributed by atoms with E-state index in [0.717, 1.165) is 29.7 Å². The van der Waals surface area contributed by atoms with E-state index in [0.29, 0.717) is 28.1 Å². The Labute approximate surface area is 254 Å². The minimum absolute atomic E-state index is 0.0295. The Morgan fingerprint density at radius 1 is 1.07 bits per heavy atom. The Balaban J connectivity index is 1.17. The van der Waals surface area contributed by atoms with Gasteiger partial charge in [0.05, 0.1) is 17.1 Å². The molecular formula is C30H27F3N6O4S. The lowest BCUT2D eigenvalue weighted by Gasteiger charge is -2.20. The number of aliphatic imine (C=N–C) groups is 1. The first-order chi connectivity index (χ1) is 21.1. The molecule has 44 heavy (non-hydrogen) atoms. The predicted molar refractivity (Wildman–Crippen MR) is 160 cm³/mol. The highest BCUT2D eigenvalue weighted by Crippen LogP contribution is 2.31. The van der Waals surface area contributed by atoms with E-state index in [9.17, 15) is 22.8 Å². The molecule has 0 atom stereocenters. The lowest BCUT2D eigenvalue weighted by atomic mass is 10.0. The van der Waals surface area contributed by atoms with Crippen LogP contribution in [0.3, 0.4) is 0 Å². The second kappa shape index (κ2) is 13.2. The number of anilines is 2. The number of carbonyl (C=O) groups excluding carboxylic acids is 2. The molecule has 1 aliphatic heterocycles. The summed E-state index contributed by atoms with van der Waals surface area (Å²) in [7, 11) is 0. The van der Waals surface area contributed by atoms with E-state index in [1.165, 1.54) is 51.9 Å². The number of amidine groups is 1. The minimum atomic E-state index is -4.77. The Kier molecular flexibility index (Phi) is 9.18. The van der Waals surface area contributed by atoms with Crippen molar-refractivity contribution >= 4 is 40.2 Å². The smallest absolute Gasteiger partial charge is 0.486 e. The minimum Gasteiger partial charge on any atom is -0.486 e. The third kappa shape index (κ3) is 7.75. The summed E-state index contributed by atoms with van der Waals surface area (Å²) in [5.41, 5.74) is 3.75. The van der Waals surface area contributed by atoms with Crippen LogP contribution in [0.1, 0.15) is 30.3 Å². The molecule has 3 aromatic carbocycles. The van der Waals surface area contributed by atoms with Gasteiger partial charge in [0.25, 0.3) is 0 Å². The van der Waals surface area contributed by atoms with Crippen LogP contribution >= 0.6 is 11.8 Å². The number of carbonyl (C=O) groups is 2. The van der Waals surface area contributed by atoms with Crippen molar-refractivity contribution in [1.29, 1.82) is 0 Å². The maximum Gasteiger partial charge on any atom is 0.573 e. The number of urea groups is 1. The number of rotatable bonds is 9. The number of benzene rings is 3. The van der Waals surface area contributed by atoms with Crippen molar-refractivity contribution in [3.05, 3.63) is 90.0 Å². The highest BCUT2D eigenvalue weighted by Gasteiger charge is 2.32. The molecule has 5 rings (SSSR count). The van der Waals surface area contributed by atoms with Gasteiger partial charge in [0.15, 0.2) is 11.0 Å². The zero-order chi connectivity index (χ0) is 31.3. The zero-order valence-corrected chi connectivity index (χ0v) is 24.5. The van der Waals surface area contributed by atoms with Gasteiger partial charge in [-0.15, -0.1) is 18.3 Å². The topological polar surface area (TPSA) is 111 Å². The summed E-state index contributed by atoms with van der Waals surface area (Å²) in [5, 5.41) is 7.31. The number of ether oxygens (including phenoxy) is 2. The Morgan fingerprint density at radius 2 is 1.80 bits per heavy atom. The van der Waals surface area contributed by atoms with Gasteiger partial charge < -0.3 is 14.8 Å². The normalized spacial score (nSPS) is 14.2. The molecule has 14 heteroatoms. The van der Waals surface area contributed by atoms with Crippen LogP contribution in [-0.2, 0) is 17.8 Å². The van der Waals surface area contributed by atoms with Gasteiger partial charge in [0, 0.05) is 5.69 Å². The number of hydrogen-bond donors (Lipinski definition) is 1. The first-order valence-corrected chi connectivity index (χ1v) is 14.5. The number of aromatic nitrogens is 3. The van der Waals surface area contributed by atoms with Crippen LogP contribution < -0.4 is 19.7 Å². The number of nitrogens with zero attached hydrogens (tertiary/aromatic N) is 5. The van der Waals surface area contributed by atoms with Crippen molar-refractivity contribution < 1.29 is 32.2 Å². The standard InChI is InChI=1S/C30H27F3N6O4S/c1-3-4-20-6-5-19(2)15-25(20)39-27(40)17-44-29(39)36-28(41)35-21-7-11-23(12-8-21)42-16-26-34-18-38(37-26)22-9-13-24(14-10-22)43-30(31,32)33/h5-15,18H,3-4,16-17H2,1-2H3,(H,35,41). The fraction of sp³-hybridized carbons (Fsp3) is 0.233. The Morgan fingerprint density at radius 3 is 2.50 bits per heavy atom. The molecule has 1 fully saturated rings. The van der Waals surface area contributed by atoms with E-state index in [-0.39, 0.29) is 24.0 Å². The van der Waals surface area contributed by atoms with E-state index < -0.39 is 12.4 Å². The number of alkyl halides is 3. The van der Waals surface area contributed by atoms with Crippen molar-refractivity contribution in [3.63, 3.8) is 0 Å². The number of hydrogen-bond acceptors (Lipinski definition) is 7. The number of thioether (sulfide) groups is 1. The number of aryl methyl sites for hydroxylation is 2. The van der Waals surface area contributed by atoms with Crippen LogP contribution in [0.2, 0.25) is 0 Å². The molecule has 228 valence electrons. The highest BCUT2D eigenvalue weighted by atomic mass is 32.2. The van der Waals surface area contributed by atoms with Crippen molar-refractivity contribution in [2.45, 2.75) is 39.7 Å². The van der Waals surface area contributed by atoms with E-state index in [2.05, 4.69) is 32.1 Å². The van der Waals surface area contributed by atoms with Gasteiger partial charge in [0.2, 0.25) is 5.91 Å². The molecule has 1 saturated heterocycles. The van der Waals surface area contributed by atoms with E-state index >= 15 is 0 Å². The predicted octanol–water partition coefficient (Wildman–Crippen LogP) is 6.67. The second-order valence-electron chi connectivity index (χ2n) is 9.68. The van der Waals surface area contributed by atoms with Gasteiger partial charge in [-0.3, -0.25) is 9.69 Å². The third-order valence-corrected chi connectivity index (χ3v) is 7.23. The highest BCUT2D eigenvalue weighted by molar-refractivity contribution is 8.15. The van der Waals surface area contributed by atoms with E-state index in [1.54, 1.807) is 24.3 Å². The molecule has 0 spiro atoms. The fourth-order valence-corrected chi connectivity index (χ4v) is 5.21. The summed E-state index contributed by atoms with van der Waals surface area (Å²) in [4.78, 5) is 35.4. The van der Waals surface area contributed by atoms with Crippen LogP contribution in [0.15, 0.2) is 78.0 Å². The summed E-state index contributed by atoms with van der Waals surface area (Å²) < 4.78 is 48.1. The molecule has 10 nitrogen and oxygen atoms in total. The van der Waals surface area contributed by atoms with Crippen LogP contribution in [-0.4, -0.2) is 44.0 Å². The van der Waals surface area contributed by atoms with Crippen molar-refractivity contribution in [1.82, 2.24) is 14.8 Å². The van der Waals surface area contributed by atoms with Crippen molar-refractivity contribution in [2.75, 3.05) is 16.0 Å². The lowest BCUT2D eigenvalue weighted by molar-refractivity contribution is -0.274. The average Bonchev–Trinajstić information content (AvgIpc) is 3.60. The number of halogens is 3. The molecule has 0 aliphatic carbocycles. The molecule has 0 radical (unpaired) electrons. The number of amides is 3. The van der Waals surface area contributed by atoms with Gasteiger partial charge in [-0.2, -0.15) is 4.99 Å². The first-order valence-electron chi connectivity index (χ1n) is 13.5. The molecular weight excluding hydrogens is 597 g/mol. The average molecular weight is 625 g/mol. The molecule has 1 aromatic heterocycles. The maximum absolute atomic E-state index is 12.8. The zero-order valence-electron chi connectivity index (χ0n) is 23.7. The first kappa shape index (κ1) is 30.6. The fourth-order valence-electron chi connectivity index (χ4n) is 4.35. The van der Waals surface area contributed by atoms with Gasteiger partial charge in [-0.25, -0.2) is 14.5 Å². The van der Waals surface area contributed by atoms with Gasteiger partial charge in [-0.05, 0) is 79.1 Å².